The zero-order valence-electron chi connectivity index (χ0n) is 20.1. The number of nitrogens with zero attached hydrogens (tertiary/aromatic N) is 3. The third-order valence-corrected chi connectivity index (χ3v) is 8.14. The molecule has 0 bridgehead atoms. The molecule has 5 rings (SSSR count). The van der Waals surface area contributed by atoms with Gasteiger partial charge in [-0.2, -0.15) is 5.10 Å². The fourth-order valence-electron chi connectivity index (χ4n) is 4.22. The van der Waals surface area contributed by atoms with Gasteiger partial charge in [0.15, 0.2) is 15.8 Å². The number of hydrazone groups is 1. The average Bonchev–Trinajstić information content (AvgIpc) is 3.56. The first-order valence-corrected chi connectivity index (χ1v) is 13.1. The summed E-state index contributed by atoms with van der Waals surface area (Å²) in [4.78, 5) is 18.2. The van der Waals surface area contributed by atoms with E-state index in [1.165, 1.54) is 11.8 Å². The van der Waals surface area contributed by atoms with Crippen molar-refractivity contribution in [3.8, 4) is 17.2 Å². The second-order valence-corrected chi connectivity index (χ2v) is 10.3. The lowest BCUT2D eigenvalue weighted by atomic mass is 9.97. The van der Waals surface area contributed by atoms with Gasteiger partial charge in [-0.25, -0.2) is 9.99 Å². The van der Waals surface area contributed by atoms with Gasteiger partial charge in [0.2, 0.25) is 0 Å². The van der Waals surface area contributed by atoms with Crippen LogP contribution in [0, 0.1) is 0 Å². The maximum atomic E-state index is 13.5. The lowest BCUT2D eigenvalue weighted by molar-refractivity contribution is -0.130. The molecule has 1 atom stereocenters. The molecule has 0 N–H and O–H groups in total. The normalized spacial score (nSPS) is 15.1. The van der Waals surface area contributed by atoms with Crippen molar-refractivity contribution in [3.05, 3.63) is 77.9 Å². The van der Waals surface area contributed by atoms with Crippen LogP contribution in [0.15, 0.2) is 76.2 Å². The number of thioether (sulfide) groups is 1. The number of benzene rings is 3. The maximum Gasteiger partial charge on any atom is 0.253 e. The summed E-state index contributed by atoms with van der Waals surface area (Å²) in [5.74, 6) is 2.11. The molecule has 4 aromatic rings. The summed E-state index contributed by atoms with van der Waals surface area (Å²) >= 11 is 3.02. The number of carbonyl (C=O) groups is 1. The molecule has 0 saturated carbocycles. The van der Waals surface area contributed by atoms with Crippen LogP contribution in [0.3, 0.4) is 0 Å². The van der Waals surface area contributed by atoms with E-state index in [-0.39, 0.29) is 17.7 Å². The molecule has 0 aliphatic carbocycles. The van der Waals surface area contributed by atoms with Crippen LogP contribution < -0.4 is 14.2 Å². The number of para-hydroxylation sites is 2. The lowest BCUT2D eigenvalue weighted by Gasteiger charge is -2.24. The van der Waals surface area contributed by atoms with E-state index in [9.17, 15) is 4.79 Å². The predicted octanol–water partition coefficient (Wildman–Crippen LogP) is 5.79. The third kappa shape index (κ3) is 4.76. The molecule has 36 heavy (non-hydrogen) atoms. The number of fused-ring (bicyclic) bond motifs is 1. The number of methoxy groups -OCH3 is 3. The first kappa shape index (κ1) is 24.1. The number of hydrogen-bond acceptors (Lipinski definition) is 8. The van der Waals surface area contributed by atoms with Crippen molar-refractivity contribution in [1.29, 1.82) is 0 Å². The van der Waals surface area contributed by atoms with Gasteiger partial charge < -0.3 is 14.2 Å². The van der Waals surface area contributed by atoms with Gasteiger partial charge in [-0.15, -0.1) is 11.3 Å². The second-order valence-electron chi connectivity index (χ2n) is 8.05. The van der Waals surface area contributed by atoms with Crippen LogP contribution in [0.2, 0.25) is 0 Å². The van der Waals surface area contributed by atoms with Gasteiger partial charge in [-0.3, -0.25) is 4.79 Å². The van der Waals surface area contributed by atoms with Gasteiger partial charge in [-0.05, 0) is 48.0 Å². The Morgan fingerprint density at radius 2 is 1.81 bits per heavy atom. The Morgan fingerprint density at radius 3 is 2.53 bits per heavy atom. The van der Waals surface area contributed by atoms with Crippen LogP contribution in [0.4, 0.5) is 0 Å². The Bertz CT molecular complexity index is 1390. The summed E-state index contributed by atoms with van der Waals surface area (Å²) in [6.45, 7) is 0. The zero-order chi connectivity index (χ0) is 25.1. The molecule has 0 radical (unpaired) electrons. The summed E-state index contributed by atoms with van der Waals surface area (Å²) in [6, 6.07) is 21.1. The minimum absolute atomic E-state index is 0.0994. The summed E-state index contributed by atoms with van der Waals surface area (Å²) in [7, 11) is 4.85. The topological polar surface area (TPSA) is 73.2 Å². The fourth-order valence-corrected chi connectivity index (χ4v) is 6.14. The molecule has 0 fully saturated rings. The number of carbonyl (C=O) groups excluding carboxylic acids is 1. The van der Waals surface area contributed by atoms with E-state index in [0.29, 0.717) is 17.9 Å². The van der Waals surface area contributed by atoms with Crippen molar-refractivity contribution < 1.29 is 19.0 Å². The average molecular weight is 520 g/mol. The van der Waals surface area contributed by atoms with Crippen molar-refractivity contribution in [2.45, 2.75) is 16.8 Å². The molecule has 0 spiro atoms. The quantitative estimate of drug-likeness (QED) is 0.274. The van der Waals surface area contributed by atoms with Crippen LogP contribution in [0.1, 0.15) is 23.6 Å². The second kappa shape index (κ2) is 10.6. The Labute approximate surface area is 217 Å². The molecular formula is C27H25N3O4S2. The minimum Gasteiger partial charge on any atom is -0.497 e. The molecule has 9 heteroatoms. The van der Waals surface area contributed by atoms with E-state index in [1.807, 2.05) is 66.7 Å². The number of amides is 1. The van der Waals surface area contributed by atoms with Gasteiger partial charge in [-0.1, -0.05) is 36.0 Å². The van der Waals surface area contributed by atoms with Crippen LogP contribution in [0.25, 0.3) is 10.2 Å². The molecule has 0 saturated heterocycles. The standard InChI is InChI=1S/C27H25N3O4S2/c1-32-18-13-11-17(12-14-18)21-15-22(19-7-6-9-23(33-2)26(19)34-3)30(29-21)25(31)16-35-27-28-20-8-4-5-10-24(20)36-27/h4-14,22H,15-16H2,1-3H3/t22-/m1/s1. The Morgan fingerprint density at radius 1 is 1.00 bits per heavy atom. The molecule has 184 valence electrons. The summed E-state index contributed by atoms with van der Waals surface area (Å²) in [5.41, 5.74) is 3.56. The van der Waals surface area contributed by atoms with Crippen molar-refractivity contribution in [3.63, 3.8) is 0 Å². The third-order valence-electron chi connectivity index (χ3n) is 5.97. The summed E-state index contributed by atoms with van der Waals surface area (Å²) in [6.07, 6.45) is 0.549. The molecule has 1 aliphatic rings. The Hall–Kier alpha value is -3.56. The van der Waals surface area contributed by atoms with E-state index in [0.717, 1.165) is 37.1 Å². The highest BCUT2D eigenvalue weighted by Gasteiger charge is 2.35. The summed E-state index contributed by atoms with van der Waals surface area (Å²) in [5, 5.41) is 6.37. The molecule has 1 aliphatic heterocycles. The van der Waals surface area contributed by atoms with E-state index in [4.69, 9.17) is 19.3 Å². The number of ether oxygens (including phenoxy) is 3. The molecular weight excluding hydrogens is 494 g/mol. The minimum atomic E-state index is -0.324. The van der Waals surface area contributed by atoms with Crippen LogP contribution in [0.5, 0.6) is 17.2 Å². The van der Waals surface area contributed by atoms with E-state index < -0.39 is 0 Å². The SMILES string of the molecule is COc1ccc(C2=NN(C(=O)CSc3nc4ccccc4s3)[C@@H](c3cccc(OC)c3OC)C2)cc1. The fraction of sp³-hybridized carbons (Fsp3) is 0.222. The molecule has 1 amide bonds. The highest BCUT2D eigenvalue weighted by molar-refractivity contribution is 8.01. The van der Waals surface area contributed by atoms with E-state index >= 15 is 0 Å². The Balaban J connectivity index is 1.44. The lowest BCUT2D eigenvalue weighted by Crippen LogP contribution is -2.28. The van der Waals surface area contributed by atoms with Gasteiger partial charge >= 0.3 is 0 Å². The van der Waals surface area contributed by atoms with Gasteiger partial charge in [0, 0.05) is 12.0 Å². The van der Waals surface area contributed by atoms with Crippen molar-refractivity contribution >= 4 is 44.9 Å². The maximum absolute atomic E-state index is 13.5. The van der Waals surface area contributed by atoms with E-state index in [1.54, 1.807) is 37.7 Å². The highest BCUT2D eigenvalue weighted by atomic mass is 32.2. The number of rotatable bonds is 8. The molecule has 0 unspecified atom stereocenters. The van der Waals surface area contributed by atoms with Gasteiger partial charge in [0.05, 0.1) is 49.1 Å². The molecule has 1 aromatic heterocycles. The smallest absolute Gasteiger partial charge is 0.253 e. The predicted molar refractivity (Wildman–Crippen MR) is 144 cm³/mol. The largest absolute Gasteiger partial charge is 0.497 e. The van der Waals surface area contributed by atoms with Gasteiger partial charge in [0.25, 0.3) is 5.91 Å². The molecule has 3 aromatic carbocycles. The van der Waals surface area contributed by atoms with Crippen LogP contribution in [-0.2, 0) is 4.79 Å². The Kier molecular flexibility index (Phi) is 7.11. The molecule has 7 nitrogen and oxygen atoms in total. The van der Waals surface area contributed by atoms with Crippen LogP contribution in [-0.4, -0.2) is 48.7 Å². The first-order chi connectivity index (χ1) is 17.6. The van der Waals surface area contributed by atoms with Crippen LogP contribution >= 0.6 is 23.1 Å². The first-order valence-electron chi connectivity index (χ1n) is 11.3. The summed E-state index contributed by atoms with van der Waals surface area (Å²) < 4.78 is 18.5. The number of hydrogen-bond donors (Lipinski definition) is 0. The van der Waals surface area contributed by atoms with E-state index in [2.05, 4.69) is 4.98 Å². The van der Waals surface area contributed by atoms with Crippen molar-refractivity contribution in [1.82, 2.24) is 9.99 Å². The zero-order valence-corrected chi connectivity index (χ0v) is 21.8. The monoisotopic (exact) mass is 519 g/mol. The van der Waals surface area contributed by atoms with Crippen molar-refractivity contribution in [2.75, 3.05) is 27.1 Å². The van der Waals surface area contributed by atoms with Gasteiger partial charge in [0.1, 0.15) is 5.75 Å². The highest BCUT2D eigenvalue weighted by Crippen LogP contribution is 2.42. The number of thiazole rings is 1. The van der Waals surface area contributed by atoms with Crippen molar-refractivity contribution in [2.24, 2.45) is 5.10 Å². The molecule has 2 heterocycles. The number of aromatic nitrogens is 1.